The number of aryl methyl sites for hydroxylation is 1. The Morgan fingerprint density at radius 2 is 1.71 bits per heavy atom. The topological polar surface area (TPSA) is 67.4 Å². The summed E-state index contributed by atoms with van der Waals surface area (Å²) in [7, 11) is 1.41. The van der Waals surface area contributed by atoms with Gasteiger partial charge in [0.2, 0.25) is 0 Å². The van der Waals surface area contributed by atoms with Crippen molar-refractivity contribution in [3.05, 3.63) is 51.8 Å². The van der Waals surface area contributed by atoms with Crippen LogP contribution >= 0.6 is 23.2 Å². The minimum atomic E-state index is -0.938. The number of carbonyl (C=O) groups is 2. The average molecular weight is 371 g/mol. The van der Waals surface area contributed by atoms with Crippen LogP contribution in [0.4, 0.5) is 15.8 Å². The molecule has 0 unspecified atom stereocenters. The molecule has 0 radical (unpaired) electrons. The Bertz CT molecular complexity index is 812. The molecule has 2 N–H and O–H groups in total. The summed E-state index contributed by atoms with van der Waals surface area (Å²) in [6.07, 6.45) is 0. The second kappa shape index (κ2) is 7.51. The van der Waals surface area contributed by atoms with E-state index >= 15 is 0 Å². The normalized spacial score (nSPS) is 10.2. The molecule has 24 heavy (non-hydrogen) atoms. The quantitative estimate of drug-likeness (QED) is 0.801. The number of carbonyl (C=O) groups excluding carboxylic acids is 2. The molecule has 0 bridgehead atoms. The van der Waals surface area contributed by atoms with E-state index in [1.165, 1.54) is 25.3 Å². The fourth-order valence-corrected chi connectivity index (χ4v) is 2.20. The predicted molar refractivity (Wildman–Crippen MR) is 91.4 cm³/mol. The molecular formula is C16H13Cl2FN2O3. The van der Waals surface area contributed by atoms with Gasteiger partial charge in [-0.1, -0.05) is 23.2 Å². The molecule has 0 saturated heterocycles. The van der Waals surface area contributed by atoms with Gasteiger partial charge in [-0.3, -0.25) is 9.59 Å². The van der Waals surface area contributed by atoms with Crippen LogP contribution in [0.2, 0.25) is 10.0 Å². The Kier molecular flexibility index (Phi) is 5.64. The van der Waals surface area contributed by atoms with Gasteiger partial charge in [0.05, 0.1) is 17.8 Å². The summed E-state index contributed by atoms with van der Waals surface area (Å²) in [6, 6.07) is 6.70. The molecule has 0 aromatic heterocycles. The van der Waals surface area contributed by atoms with Crippen molar-refractivity contribution in [2.75, 3.05) is 17.7 Å². The van der Waals surface area contributed by atoms with Crippen LogP contribution in [-0.4, -0.2) is 18.9 Å². The third-order valence-electron chi connectivity index (χ3n) is 3.11. The van der Waals surface area contributed by atoms with Gasteiger partial charge in [-0.25, -0.2) is 4.39 Å². The number of benzene rings is 2. The van der Waals surface area contributed by atoms with Gasteiger partial charge in [0.1, 0.15) is 11.6 Å². The van der Waals surface area contributed by atoms with Crippen molar-refractivity contribution >= 4 is 46.4 Å². The molecule has 2 aromatic rings. The van der Waals surface area contributed by atoms with Gasteiger partial charge in [-0.2, -0.15) is 0 Å². The smallest absolute Gasteiger partial charge is 0.314 e. The van der Waals surface area contributed by atoms with E-state index in [-0.39, 0.29) is 10.7 Å². The zero-order valence-corrected chi connectivity index (χ0v) is 14.3. The Hall–Kier alpha value is -2.31. The Morgan fingerprint density at radius 1 is 1.04 bits per heavy atom. The fraction of sp³-hybridized carbons (Fsp3) is 0.125. The van der Waals surface area contributed by atoms with Gasteiger partial charge in [0, 0.05) is 16.8 Å². The molecular weight excluding hydrogens is 358 g/mol. The molecule has 0 aliphatic rings. The summed E-state index contributed by atoms with van der Waals surface area (Å²) >= 11 is 11.6. The lowest BCUT2D eigenvalue weighted by Gasteiger charge is -2.12. The molecule has 0 saturated carbocycles. The maximum atomic E-state index is 13.1. The first-order valence-electron chi connectivity index (χ1n) is 6.73. The molecule has 0 spiro atoms. The van der Waals surface area contributed by atoms with E-state index in [1.54, 1.807) is 13.0 Å². The molecule has 0 heterocycles. The highest BCUT2D eigenvalue weighted by Gasteiger charge is 2.17. The van der Waals surface area contributed by atoms with Crippen LogP contribution in [0, 0.1) is 12.7 Å². The van der Waals surface area contributed by atoms with E-state index < -0.39 is 17.6 Å². The first-order chi connectivity index (χ1) is 11.3. The summed E-state index contributed by atoms with van der Waals surface area (Å²) in [5.74, 6) is -2.17. The van der Waals surface area contributed by atoms with Crippen LogP contribution in [0.5, 0.6) is 5.75 Å². The lowest BCUT2D eigenvalue weighted by molar-refractivity contribution is -0.133. The molecule has 0 aliphatic carbocycles. The van der Waals surface area contributed by atoms with Gasteiger partial charge in [0.15, 0.2) is 0 Å². The minimum absolute atomic E-state index is 0.164. The molecule has 0 fully saturated rings. The van der Waals surface area contributed by atoms with Gasteiger partial charge in [-0.15, -0.1) is 0 Å². The predicted octanol–water partition coefficient (Wildman–Crippen LogP) is 4.03. The number of amides is 2. The molecule has 2 aromatic carbocycles. The van der Waals surface area contributed by atoms with Crippen molar-refractivity contribution in [2.24, 2.45) is 0 Å². The number of ether oxygens (including phenoxy) is 1. The molecule has 2 rings (SSSR count). The molecule has 126 valence electrons. The zero-order chi connectivity index (χ0) is 17.9. The molecule has 5 nitrogen and oxygen atoms in total. The van der Waals surface area contributed by atoms with Gasteiger partial charge >= 0.3 is 11.8 Å². The maximum absolute atomic E-state index is 13.1. The molecule has 0 aliphatic heterocycles. The summed E-state index contributed by atoms with van der Waals surface area (Å²) in [5.41, 5.74) is 1.20. The summed E-state index contributed by atoms with van der Waals surface area (Å²) in [5, 5.41) is 5.06. The van der Waals surface area contributed by atoms with E-state index in [4.69, 9.17) is 27.9 Å². The van der Waals surface area contributed by atoms with Crippen LogP contribution in [0.15, 0.2) is 30.3 Å². The monoisotopic (exact) mass is 370 g/mol. The number of methoxy groups -OCH3 is 1. The van der Waals surface area contributed by atoms with Crippen molar-refractivity contribution in [2.45, 2.75) is 6.92 Å². The molecule has 0 atom stereocenters. The number of rotatable bonds is 3. The lowest BCUT2D eigenvalue weighted by Crippen LogP contribution is -2.29. The maximum Gasteiger partial charge on any atom is 0.314 e. The Morgan fingerprint density at radius 3 is 2.33 bits per heavy atom. The van der Waals surface area contributed by atoms with Crippen LogP contribution in [0.25, 0.3) is 0 Å². The lowest BCUT2D eigenvalue weighted by atomic mass is 10.2. The van der Waals surface area contributed by atoms with Crippen LogP contribution in [-0.2, 0) is 9.59 Å². The zero-order valence-electron chi connectivity index (χ0n) is 12.7. The highest BCUT2D eigenvalue weighted by molar-refractivity contribution is 6.44. The number of hydrogen-bond acceptors (Lipinski definition) is 3. The number of halogens is 3. The summed E-state index contributed by atoms with van der Waals surface area (Å²) in [4.78, 5) is 24.0. The van der Waals surface area contributed by atoms with Gasteiger partial charge in [0.25, 0.3) is 0 Å². The summed E-state index contributed by atoms with van der Waals surface area (Å²) < 4.78 is 18.2. The van der Waals surface area contributed by atoms with Gasteiger partial charge in [-0.05, 0) is 36.8 Å². The third kappa shape index (κ3) is 4.15. The van der Waals surface area contributed by atoms with Crippen LogP contribution in [0.1, 0.15) is 5.56 Å². The minimum Gasteiger partial charge on any atom is -0.495 e. The second-order valence-corrected chi connectivity index (χ2v) is 5.65. The summed E-state index contributed by atoms with van der Waals surface area (Å²) in [6.45, 7) is 1.75. The fourth-order valence-electron chi connectivity index (χ4n) is 1.87. The standard InChI is InChI=1S/C16H13Cl2FN2O3/c1-8-5-13(14(24-2)7-10(8)17)21-16(23)15(22)20-9-3-4-12(19)11(18)6-9/h3-7H,1-2H3,(H,20,22)(H,21,23). The van der Waals surface area contributed by atoms with Crippen molar-refractivity contribution in [3.63, 3.8) is 0 Å². The van der Waals surface area contributed by atoms with E-state index in [9.17, 15) is 14.0 Å². The number of anilines is 2. The largest absolute Gasteiger partial charge is 0.495 e. The molecule has 8 heteroatoms. The number of nitrogens with one attached hydrogen (secondary N) is 2. The van der Waals surface area contributed by atoms with E-state index in [0.717, 1.165) is 6.07 Å². The van der Waals surface area contributed by atoms with Crippen molar-refractivity contribution in [1.82, 2.24) is 0 Å². The van der Waals surface area contributed by atoms with E-state index in [1.807, 2.05) is 0 Å². The van der Waals surface area contributed by atoms with Crippen LogP contribution < -0.4 is 15.4 Å². The SMILES string of the molecule is COc1cc(Cl)c(C)cc1NC(=O)C(=O)Nc1ccc(F)c(Cl)c1. The van der Waals surface area contributed by atoms with Gasteiger partial charge < -0.3 is 15.4 Å². The second-order valence-electron chi connectivity index (χ2n) is 4.84. The highest BCUT2D eigenvalue weighted by atomic mass is 35.5. The van der Waals surface area contributed by atoms with Crippen molar-refractivity contribution in [3.8, 4) is 5.75 Å². The Labute approximate surface area is 147 Å². The number of hydrogen-bond donors (Lipinski definition) is 2. The first-order valence-corrected chi connectivity index (χ1v) is 7.49. The Balaban J connectivity index is 2.13. The van der Waals surface area contributed by atoms with E-state index in [2.05, 4.69) is 10.6 Å². The van der Waals surface area contributed by atoms with Crippen molar-refractivity contribution in [1.29, 1.82) is 0 Å². The highest BCUT2D eigenvalue weighted by Crippen LogP contribution is 2.31. The molecule has 2 amide bonds. The third-order valence-corrected chi connectivity index (χ3v) is 3.81. The average Bonchev–Trinajstić information content (AvgIpc) is 2.54. The van der Waals surface area contributed by atoms with Crippen LogP contribution in [0.3, 0.4) is 0 Å². The first kappa shape index (κ1) is 18.0. The van der Waals surface area contributed by atoms with E-state index in [0.29, 0.717) is 22.0 Å². The van der Waals surface area contributed by atoms with Crippen molar-refractivity contribution < 1.29 is 18.7 Å².